The zero-order valence-electron chi connectivity index (χ0n) is 27.5. The molecule has 5 heterocycles. The normalized spacial score (nSPS) is 29.9. The first kappa shape index (κ1) is 29.8. The van der Waals surface area contributed by atoms with E-state index in [1.807, 2.05) is 13.1 Å². The van der Waals surface area contributed by atoms with Gasteiger partial charge in [-0.25, -0.2) is 9.97 Å². The van der Waals surface area contributed by atoms with E-state index in [4.69, 9.17) is 14.7 Å². The number of aromatic amines is 2. The summed E-state index contributed by atoms with van der Waals surface area (Å²) < 4.78 is 4.30. The van der Waals surface area contributed by atoms with Crippen LogP contribution in [0.25, 0.3) is 44.2 Å². The molecule has 10 rings (SSSR count). The fourth-order valence-corrected chi connectivity index (χ4v) is 9.22. The molecule has 8 atom stereocenters. The summed E-state index contributed by atoms with van der Waals surface area (Å²) in [5.41, 5.74) is 6.22. The summed E-state index contributed by atoms with van der Waals surface area (Å²) in [5.74, 6) is 2.90. The molecule has 3 saturated heterocycles. The van der Waals surface area contributed by atoms with Crippen LogP contribution in [0.4, 0.5) is 4.79 Å². The maximum Gasteiger partial charge on any atom is 0.313 e. The Morgan fingerprint density at radius 1 is 0.939 bits per heavy atom. The van der Waals surface area contributed by atoms with E-state index in [1.165, 1.54) is 12.8 Å². The van der Waals surface area contributed by atoms with Gasteiger partial charge in [-0.3, -0.25) is 0 Å². The predicted octanol–water partition coefficient (Wildman–Crippen LogP) is 5.61. The molecule has 2 aromatic heterocycles. The molecule has 252 valence electrons. The monoisotopic (exact) mass is 659 g/mol. The SMILES string of the molecule is CC(C1CCOCC1)[N+](O)(C(=O)[O-])N1[C@@H]2C[C@@H]2C[C@H]1c1ncc(-c2ccc3cc(-c4ccc5nc([C@@H]6C[C@H]7C[C@H]7N6)[nH]c5c4)ccc3c2)[nH]1. The number of nitrogens with one attached hydrogen (secondary N) is 3. The number of H-pyrrole nitrogens is 2. The number of quaternary nitrogens is 1. The minimum atomic E-state index is -1.48. The second kappa shape index (κ2) is 10.9. The summed E-state index contributed by atoms with van der Waals surface area (Å²) in [5, 5.41) is 32.3. The molecule has 5 fully saturated rings. The lowest BCUT2D eigenvalue weighted by atomic mass is 9.92. The Balaban J connectivity index is 0.903. The van der Waals surface area contributed by atoms with Crippen molar-refractivity contribution >= 4 is 27.9 Å². The molecule has 11 nitrogen and oxygen atoms in total. The number of amides is 1. The second-order valence-corrected chi connectivity index (χ2v) is 15.2. The number of aromatic nitrogens is 4. The predicted molar refractivity (Wildman–Crippen MR) is 181 cm³/mol. The van der Waals surface area contributed by atoms with Gasteiger partial charge in [0.2, 0.25) is 0 Å². The van der Waals surface area contributed by atoms with Gasteiger partial charge in [0.15, 0.2) is 0 Å². The van der Waals surface area contributed by atoms with Crippen LogP contribution in [0.2, 0.25) is 0 Å². The third-order valence-corrected chi connectivity index (χ3v) is 12.3. The number of ether oxygens (including phenoxy) is 1. The number of piperidine rings is 2. The summed E-state index contributed by atoms with van der Waals surface area (Å²) in [6.45, 7) is 2.98. The molecule has 2 aliphatic carbocycles. The number of imidazole rings is 2. The molecular weight excluding hydrogens is 618 g/mol. The highest BCUT2D eigenvalue weighted by atomic mass is 16.7. The van der Waals surface area contributed by atoms with E-state index in [1.54, 1.807) is 5.01 Å². The van der Waals surface area contributed by atoms with Crippen LogP contribution in [0, 0.1) is 17.8 Å². The number of hydrogen-bond acceptors (Lipinski definition) is 8. The highest BCUT2D eigenvalue weighted by Gasteiger charge is 2.65. The molecule has 2 saturated carbocycles. The van der Waals surface area contributed by atoms with E-state index in [0.29, 0.717) is 37.0 Å². The zero-order chi connectivity index (χ0) is 33.0. The first-order valence-electron chi connectivity index (χ1n) is 17.9. The Bertz CT molecular complexity index is 2090. The smallest absolute Gasteiger partial charge is 0.313 e. The summed E-state index contributed by atoms with van der Waals surface area (Å²) in [6.07, 6.45) is 5.87. The standard InChI is InChI=1S/C38H41N7O4/c1-20(21-8-10-49-11-9-21)45(48,38(46)47)44-34-17-28(34)18-35(44)37-39-19-33(43-37)26-5-4-22-12-23(2-3-24(22)13-26)25-6-7-29-31(14-25)42-36(41-29)32-16-27-15-30(27)40-32/h2-7,12-14,19-21,27-28,30,32,34-35,40,48H,8-11,15-18H2,1H3,(H2-,39,41,42,43,46,47)/t20?,27-,28-,30-,32+,34-,35+,45?/m1/s1. The Labute approximate surface area is 283 Å². The molecule has 0 bridgehead atoms. The molecule has 2 unspecified atom stereocenters. The van der Waals surface area contributed by atoms with E-state index < -0.39 is 16.9 Å². The van der Waals surface area contributed by atoms with E-state index in [2.05, 4.69) is 69.9 Å². The lowest BCUT2D eigenvalue weighted by Gasteiger charge is -2.46. The van der Waals surface area contributed by atoms with Crippen molar-refractivity contribution in [2.45, 2.75) is 75.7 Å². The summed E-state index contributed by atoms with van der Waals surface area (Å²) in [6, 6.07) is 19.5. The van der Waals surface area contributed by atoms with Crippen LogP contribution in [0.3, 0.4) is 0 Å². The maximum atomic E-state index is 12.7. The maximum absolute atomic E-state index is 12.7. The molecule has 3 aliphatic heterocycles. The number of fused-ring (bicyclic) bond motifs is 4. The van der Waals surface area contributed by atoms with Crippen LogP contribution in [-0.2, 0) is 4.74 Å². The first-order chi connectivity index (χ1) is 23.8. The number of hydroxylamine groups is 2. The van der Waals surface area contributed by atoms with E-state index in [-0.39, 0.29) is 18.0 Å². The number of carbonyl (C=O) groups is 1. The van der Waals surface area contributed by atoms with Gasteiger partial charge in [0, 0.05) is 30.7 Å². The van der Waals surface area contributed by atoms with Gasteiger partial charge in [-0.2, -0.15) is 5.21 Å². The lowest BCUT2D eigenvalue weighted by Crippen LogP contribution is -2.71. The molecule has 1 amide bonds. The number of hydrogen-bond donors (Lipinski definition) is 4. The minimum absolute atomic E-state index is 0.00978. The van der Waals surface area contributed by atoms with Crippen LogP contribution in [-0.4, -0.2) is 72.3 Å². The summed E-state index contributed by atoms with van der Waals surface area (Å²) >= 11 is 0. The molecule has 4 N–H and O–H groups in total. The quantitative estimate of drug-likeness (QED) is 0.100. The third-order valence-electron chi connectivity index (χ3n) is 12.3. The molecule has 49 heavy (non-hydrogen) atoms. The van der Waals surface area contributed by atoms with Crippen molar-refractivity contribution in [2.24, 2.45) is 17.8 Å². The molecule has 0 radical (unpaired) electrons. The van der Waals surface area contributed by atoms with Crippen LogP contribution >= 0.6 is 0 Å². The van der Waals surface area contributed by atoms with Crippen molar-refractivity contribution in [3.05, 3.63) is 72.4 Å². The molecule has 5 aromatic rings. The van der Waals surface area contributed by atoms with Gasteiger partial charge < -0.3 is 29.9 Å². The highest BCUT2D eigenvalue weighted by Crippen LogP contribution is 2.56. The Kier molecular flexibility index (Phi) is 6.64. The fraction of sp³-hybridized carbons (Fsp3) is 0.447. The molecule has 0 spiro atoms. The van der Waals surface area contributed by atoms with E-state index in [9.17, 15) is 15.1 Å². The second-order valence-electron chi connectivity index (χ2n) is 15.2. The number of carboxylic acid groups (broad SMARTS) is 1. The largest absolute Gasteiger partial charge is 0.494 e. The van der Waals surface area contributed by atoms with Crippen molar-refractivity contribution < 1.29 is 24.6 Å². The Morgan fingerprint density at radius 3 is 2.47 bits per heavy atom. The molecule has 3 aromatic carbocycles. The number of nitrogens with zero attached hydrogens (tertiary/aromatic N) is 4. The number of carbonyl (C=O) groups excluding carboxylic acids is 1. The Morgan fingerprint density at radius 2 is 1.69 bits per heavy atom. The van der Waals surface area contributed by atoms with Crippen LogP contribution < -0.4 is 10.4 Å². The summed E-state index contributed by atoms with van der Waals surface area (Å²) in [4.78, 5) is 29.4. The number of benzene rings is 3. The van der Waals surface area contributed by atoms with Gasteiger partial charge in [-0.05, 0) is 103 Å². The summed E-state index contributed by atoms with van der Waals surface area (Å²) in [7, 11) is 0. The fourth-order valence-electron chi connectivity index (χ4n) is 9.22. The van der Waals surface area contributed by atoms with Gasteiger partial charge in [-0.15, -0.1) is 5.01 Å². The average molecular weight is 660 g/mol. The van der Waals surface area contributed by atoms with Gasteiger partial charge in [0.05, 0.1) is 35.0 Å². The van der Waals surface area contributed by atoms with Crippen molar-refractivity contribution in [1.82, 2.24) is 30.3 Å². The Hall–Kier alpha value is -4.13. The van der Waals surface area contributed by atoms with Crippen LogP contribution in [0.15, 0.2) is 60.8 Å². The lowest BCUT2D eigenvalue weighted by molar-refractivity contribution is -1.16. The number of rotatable bonds is 7. The van der Waals surface area contributed by atoms with Crippen LogP contribution in [0.1, 0.15) is 69.2 Å². The molecular formula is C38H41N7O4. The van der Waals surface area contributed by atoms with Crippen molar-refractivity contribution in [3.8, 4) is 22.4 Å². The van der Waals surface area contributed by atoms with Gasteiger partial charge >= 0.3 is 6.09 Å². The van der Waals surface area contributed by atoms with Crippen LogP contribution in [0.5, 0.6) is 0 Å². The van der Waals surface area contributed by atoms with E-state index in [0.717, 1.165) is 81.6 Å². The van der Waals surface area contributed by atoms with Crippen molar-refractivity contribution in [1.29, 1.82) is 0 Å². The average Bonchev–Trinajstić information content (AvgIpc) is 3.70. The van der Waals surface area contributed by atoms with E-state index >= 15 is 0 Å². The van der Waals surface area contributed by atoms with Crippen molar-refractivity contribution in [3.63, 3.8) is 0 Å². The third kappa shape index (κ3) is 4.85. The topological polar surface area (TPSA) is 142 Å². The highest BCUT2D eigenvalue weighted by molar-refractivity contribution is 5.91. The van der Waals surface area contributed by atoms with Crippen molar-refractivity contribution in [2.75, 3.05) is 13.2 Å². The molecule has 11 heteroatoms. The minimum Gasteiger partial charge on any atom is -0.494 e. The van der Waals surface area contributed by atoms with Gasteiger partial charge in [-0.1, -0.05) is 35.1 Å². The first-order valence-corrected chi connectivity index (χ1v) is 17.9. The molecule has 5 aliphatic rings. The van der Waals surface area contributed by atoms with Gasteiger partial charge in [0.25, 0.3) is 0 Å². The van der Waals surface area contributed by atoms with Gasteiger partial charge in [0.1, 0.15) is 23.7 Å². The zero-order valence-corrected chi connectivity index (χ0v) is 27.5.